The molecule has 1 amide bonds. The van der Waals surface area contributed by atoms with Gasteiger partial charge in [0.15, 0.2) is 0 Å². The van der Waals surface area contributed by atoms with Gasteiger partial charge in [-0.1, -0.05) is 94.5 Å². The summed E-state index contributed by atoms with van der Waals surface area (Å²) in [5, 5.41) is 5.12. The lowest BCUT2D eigenvalue weighted by Crippen LogP contribution is -2.14. The number of fused-ring (bicyclic) bond motifs is 1. The average Bonchev–Trinajstić information content (AvgIpc) is 2.66. The summed E-state index contributed by atoms with van der Waals surface area (Å²) in [6.07, 6.45) is 12.4. The second kappa shape index (κ2) is 12.4. The lowest BCUT2D eigenvalue weighted by Gasteiger charge is -2.08. The van der Waals surface area contributed by atoms with Crippen LogP contribution >= 0.6 is 0 Å². The first-order valence-corrected chi connectivity index (χ1v) is 10.6. The summed E-state index contributed by atoms with van der Waals surface area (Å²) < 4.78 is 5.30. The quantitative estimate of drug-likeness (QED) is 0.391. The van der Waals surface area contributed by atoms with Crippen molar-refractivity contribution in [3.63, 3.8) is 0 Å². The summed E-state index contributed by atoms with van der Waals surface area (Å²) >= 11 is 0. The molecule has 148 valence electrons. The fraction of sp³-hybridized carbons (Fsp3) is 0.542. The van der Waals surface area contributed by atoms with Gasteiger partial charge in [-0.25, -0.2) is 4.79 Å². The molecule has 0 aliphatic carbocycles. The zero-order chi connectivity index (χ0) is 19.3. The fourth-order valence-electron chi connectivity index (χ4n) is 3.35. The van der Waals surface area contributed by atoms with Crippen molar-refractivity contribution in [2.45, 2.75) is 78.1 Å². The molecular weight excluding hydrogens is 334 g/mol. The number of hydrogen-bond acceptors (Lipinski definition) is 2. The van der Waals surface area contributed by atoms with Gasteiger partial charge in [-0.05, 0) is 36.2 Å². The van der Waals surface area contributed by atoms with Crippen LogP contribution in [-0.2, 0) is 4.74 Å². The summed E-state index contributed by atoms with van der Waals surface area (Å²) in [6, 6.07) is 12.2. The van der Waals surface area contributed by atoms with Crippen LogP contribution in [0, 0.1) is 6.92 Å². The van der Waals surface area contributed by atoms with Crippen LogP contribution in [0.5, 0.6) is 0 Å². The summed E-state index contributed by atoms with van der Waals surface area (Å²) in [4.78, 5) is 11.9. The molecule has 0 saturated heterocycles. The minimum absolute atomic E-state index is 0.364. The fourth-order valence-corrected chi connectivity index (χ4v) is 3.35. The van der Waals surface area contributed by atoms with Crippen LogP contribution in [0.15, 0.2) is 36.4 Å². The maximum Gasteiger partial charge on any atom is 0.411 e. The largest absolute Gasteiger partial charge is 0.449 e. The molecule has 0 radical (unpaired) electrons. The zero-order valence-corrected chi connectivity index (χ0v) is 17.1. The molecule has 0 atom stereocenters. The van der Waals surface area contributed by atoms with E-state index in [9.17, 15) is 4.79 Å². The molecule has 0 aliphatic heterocycles. The lowest BCUT2D eigenvalue weighted by atomic mass is 10.1. The lowest BCUT2D eigenvalue weighted by molar-refractivity contribution is 0.159. The number of amides is 1. The SMILES string of the molecule is CCCCCCCCCCCCOC(=O)Nc1ccc2cc(C)ccc2c1. The van der Waals surface area contributed by atoms with Gasteiger partial charge in [-0.15, -0.1) is 0 Å². The van der Waals surface area contributed by atoms with E-state index in [4.69, 9.17) is 4.74 Å². The molecule has 0 spiro atoms. The van der Waals surface area contributed by atoms with Crippen LogP contribution in [0.4, 0.5) is 10.5 Å². The van der Waals surface area contributed by atoms with Crippen molar-refractivity contribution in [1.29, 1.82) is 0 Å². The van der Waals surface area contributed by atoms with Gasteiger partial charge in [-0.3, -0.25) is 5.32 Å². The van der Waals surface area contributed by atoms with E-state index in [-0.39, 0.29) is 6.09 Å². The van der Waals surface area contributed by atoms with Crippen LogP contribution < -0.4 is 5.32 Å². The summed E-state index contributed by atoms with van der Waals surface area (Å²) in [7, 11) is 0. The van der Waals surface area contributed by atoms with Crippen LogP contribution in [0.1, 0.15) is 76.7 Å². The summed E-state index contributed by atoms with van der Waals surface area (Å²) in [5.41, 5.74) is 2.01. The highest BCUT2D eigenvalue weighted by atomic mass is 16.5. The Balaban J connectivity index is 1.54. The Hall–Kier alpha value is -2.03. The van der Waals surface area contributed by atoms with Crippen molar-refractivity contribution in [2.24, 2.45) is 0 Å². The minimum Gasteiger partial charge on any atom is -0.449 e. The molecule has 0 bridgehead atoms. The molecule has 2 rings (SSSR count). The van der Waals surface area contributed by atoms with Gasteiger partial charge in [0, 0.05) is 5.69 Å². The highest BCUT2D eigenvalue weighted by Crippen LogP contribution is 2.20. The van der Waals surface area contributed by atoms with Gasteiger partial charge >= 0.3 is 6.09 Å². The minimum atomic E-state index is -0.364. The molecule has 3 heteroatoms. The molecule has 0 unspecified atom stereocenters. The molecule has 3 nitrogen and oxygen atoms in total. The molecule has 1 N–H and O–H groups in total. The normalized spacial score (nSPS) is 10.9. The summed E-state index contributed by atoms with van der Waals surface area (Å²) in [5.74, 6) is 0. The van der Waals surface area contributed by atoms with E-state index in [1.54, 1.807) is 0 Å². The van der Waals surface area contributed by atoms with Gasteiger partial charge in [0.25, 0.3) is 0 Å². The van der Waals surface area contributed by atoms with Crippen molar-refractivity contribution in [2.75, 3.05) is 11.9 Å². The van der Waals surface area contributed by atoms with Crippen molar-refractivity contribution in [1.82, 2.24) is 0 Å². The number of anilines is 1. The van der Waals surface area contributed by atoms with Crippen LogP contribution in [0.2, 0.25) is 0 Å². The number of nitrogens with one attached hydrogen (secondary N) is 1. The Morgan fingerprint density at radius 3 is 2.11 bits per heavy atom. The number of rotatable bonds is 12. The van der Waals surface area contributed by atoms with E-state index < -0.39 is 0 Å². The first-order valence-electron chi connectivity index (χ1n) is 10.6. The van der Waals surface area contributed by atoms with Gasteiger partial charge < -0.3 is 4.74 Å². The highest BCUT2D eigenvalue weighted by molar-refractivity contribution is 5.91. The molecule has 0 saturated carbocycles. The van der Waals surface area contributed by atoms with Crippen molar-refractivity contribution in [3.8, 4) is 0 Å². The monoisotopic (exact) mass is 369 g/mol. The van der Waals surface area contributed by atoms with Crippen molar-refractivity contribution in [3.05, 3.63) is 42.0 Å². The van der Waals surface area contributed by atoms with E-state index >= 15 is 0 Å². The molecule has 0 aromatic heterocycles. The Morgan fingerprint density at radius 1 is 0.815 bits per heavy atom. The van der Waals surface area contributed by atoms with Crippen LogP contribution in [0.25, 0.3) is 10.8 Å². The van der Waals surface area contributed by atoms with Crippen LogP contribution in [0.3, 0.4) is 0 Å². The molecule has 2 aromatic rings. The third kappa shape index (κ3) is 8.47. The third-order valence-electron chi connectivity index (χ3n) is 4.97. The van der Waals surface area contributed by atoms with Crippen molar-refractivity contribution < 1.29 is 9.53 Å². The number of ether oxygens (including phenoxy) is 1. The molecule has 0 aliphatic rings. The molecule has 2 aromatic carbocycles. The number of aryl methyl sites for hydroxylation is 1. The number of unbranched alkanes of at least 4 members (excludes halogenated alkanes) is 9. The van der Waals surface area contributed by atoms with Gasteiger partial charge in [-0.2, -0.15) is 0 Å². The molecule has 0 heterocycles. The van der Waals surface area contributed by atoms with Crippen LogP contribution in [-0.4, -0.2) is 12.7 Å². The van der Waals surface area contributed by atoms with E-state index in [2.05, 4.69) is 37.4 Å². The third-order valence-corrected chi connectivity index (χ3v) is 4.97. The molecule has 0 fully saturated rings. The Bertz CT molecular complexity index is 696. The highest BCUT2D eigenvalue weighted by Gasteiger charge is 2.04. The molecule has 27 heavy (non-hydrogen) atoms. The summed E-state index contributed by atoms with van der Waals surface area (Å²) in [6.45, 7) is 4.83. The average molecular weight is 370 g/mol. The zero-order valence-electron chi connectivity index (χ0n) is 17.1. The van der Waals surface area contributed by atoms with E-state index in [1.165, 1.54) is 62.3 Å². The maximum atomic E-state index is 11.9. The van der Waals surface area contributed by atoms with E-state index in [1.807, 2.05) is 18.2 Å². The number of hydrogen-bond donors (Lipinski definition) is 1. The van der Waals surface area contributed by atoms with Gasteiger partial charge in [0.05, 0.1) is 6.61 Å². The molecular formula is C24H35NO2. The number of benzene rings is 2. The number of carbonyl (C=O) groups excluding carboxylic acids is 1. The first kappa shape index (κ1) is 21.3. The Kier molecular flexibility index (Phi) is 9.75. The smallest absolute Gasteiger partial charge is 0.411 e. The Morgan fingerprint density at radius 2 is 1.41 bits per heavy atom. The standard InChI is InChI=1S/C24H35NO2/c1-3-4-5-6-7-8-9-10-11-12-17-27-24(26)25-23-16-15-21-18-20(2)13-14-22(21)19-23/h13-16,18-19H,3-12,17H2,1-2H3,(H,25,26). The predicted molar refractivity (Wildman–Crippen MR) is 115 cm³/mol. The maximum absolute atomic E-state index is 11.9. The second-order valence-corrected chi connectivity index (χ2v) is 7.51. The van der Waals surface area contributed by atoms with E-state index in [0.29, 0.717) is 6.61 Å². The van der Waals surface area contributed by atoms with Gasteiger partial charge in [0.1, 0.15) is 0 Å². The van der Waals surface area contributed by atoms with Gasteiger partial charge in [0.2, 0.25) is 0 Å². The number of carbonyl (C=O) groups is 1. The Labute approximate surface area is 164 Å². The first-order chi connectivity index (χ1) is 13.2. The topological polar surface area (TPSA) is 38.3 Å². The van der Waals surface area contributed by atoms with Crippen molar-refractivity contribution >= 4 is 22.6 Å². The second-order valence-electron chi connectivity index (χ2n) is 7.51. The van der Waals surface area contributed by atoms with E-state index in [0.717, 1.165) is 23.9 Å². The predicted octanol–water partition coefficient (Wildman–Crippen LogP) is 7.62.